The highest BCUT2D eigenvalue weighted by atomic mass is 32.2. The zero-order chi connectivity index (χ0) is 18.1. The quantitative estimate of drug-likeness (QED) is 0.765. The molecule has 1 heterocycles. The van der Waals surface area contributed by atoms with Gasteiger partial charge in [0.15, 0.2) is 19.7 Å². The van der Waals surface area contributed by atoms with Crippen molar-refractivity contribution in [3.05, 3.63) is 54.1 Å². The molecule has 0 saturated heterocycles. The molecule has 0 radical (unpaired) electrons. The van der Waals surface area contributed by atoms with Crippen molar-refractivity contribution in [2.24, 2.45) is 0 Å². The number of fused-ring (bicyclic) bond motifs is 1. The number of rotatable bonds is 6. The summed E-state index contributed by atoms with van der Waals surface area (Å²) in [5, 5.41) is 7.63. The number of sulfone groups is 2. The lowest BCUT2D eigenvalue weighted by atomic mass is 10.2. The van der Waals surface area contributed by atoms with E-state index in [2.05, 4.69) is 0 Å². The molecule has 2 aromatic rings. The zero-order valence-corrected chi connectivity index (χ0v) is 15.0. The lowest BCUT2D eigenvalue weighted by Gasteiger charge is -2.12. The third-order valence-corrected chi connectivity index (χ3v) is 8.19. The van der Waals surface area contributed by atoms with Crippen LogP contribution in [0.4, 0.5) is 0 Å². The van der Waals surface area contributed by atoms with Gasteiger partial charge in [0, 0.05) is 13.0 Å². The third kappa shape index (κ3) is 3.42. The predicted molar refractivity (Wildman–Crippen MR) is 92.1 cm³/mol. The molecule has 8 heteroatoms. The lowest BCUT2D eigenvalue weighted by Crippen LogP contribution is -2.15. The van der Waals surface area contributed by atoms with Crippen LogP contribution >= 0.6 is 0 Å². The predicted octanol–water partition coefficient (Wildman–Crippen LogP) is 1.75. The fourth-order valence-electron chi connectivity index (χ4n) is 2.81. The first kappa shape index (κ1) is 17.9. The van der Waals surface area contributed by atoms with Crippen LogP contribution in [0.2, 0.25) is 0 Å². The Bertz CT molecular complexity index is 962. The molecule has 1 atom stereocenters. The molecule has 0 spiro atoms. The Kier molecular flexibility index (Phi) is 4.86. The number of aliphatic hydroxyl groups excluding tert-OH is 1. The summed E-state index contributed by atoms with van der Waals surface area (Å²) in [7, 11) is -7.44. The standard InChI is InChI=1S/C17H18O6S2/c18-10-3-11-23-13-6-8-14(9-7-13)25(21,22)17-12-24(19,20)16-5-2-1-4-15(16)17/h1-2,4-9,17-18H,3,10-12H2. The van der Waals surface area contributed by atoms with E-state index in [0.717, 1.165) is 0 Å². The molecule has 2 aromatic carbocycles. The summed E-state index contributed by atoms with van der Waals surface area (Å²) < 4.78 is 55.7. The van der Waals surface area contributed by atoms with E-state index in [9.17, 15) is 16.8 Å². The maximum atomic E-state index is 12.9. The van der Waals surface area contributed by atoms with Gasteiger partial charge in [0.2, 0.25) is 0 Å². The Morgan fingerprint density at radius 3 is 2.44 bits per heavy atom. The summed E-state index contributed by atoms with van der Waals surface area (Å²) >= 11 is 0. The first-order valence-corrected chi connectivity index (χ1v) is 11.0. The second-order valence-electron chi connectivity index (χ2n) is 5.75. The van der Waals surface area contributed by atoms with Crippen molar-refractivity contribution < 1.29 is 26.7 Å². The van der Waals surface area contributed by atoms with Crippen LogP contribution in [0.5, 0.6) is 5.75 Å². The van der Waals surface area contributed by atoms with Gasteiger partial charge in [-0.2, -0.15) is 0 Å². The van der Waals surface area contributed by atoms with Crippen LogP contribution in [0.3, 0.4) is 0 Å². The molecule has 1 aliphatic rings. The molecule has 1 unspecified atom stereocenters. The Hall–Kier alpha value is -1.90. The summed E-state index contributed by atoms with van der Waals surface area (Å²) in [6.07, 6.45) is 0.483. The molecule has 0 bridgehead atoms. The van der Waals surface area contributed by atoms with Crippen LogP contribution in [0.15, 0.2) is 58.3 Å². The summed E-state index contributed by atoms with van der Waals surface area (Å²) in [4.78, 5) is 0.145. The SMILES string of the molecule is O=S1(=O)CC(S(=O)(=O)c2ccc(OCCCO)cc2)c2ccccc21. The minimum absolute atomic E-state index is 0.0159. The average Bonchev–Trinajstić information content (AvgIpc) is 2.88. The zero-order valence-electron chi connectivity index (χ0n) is 13.3. The van der Waals surface area contributed by atoms with Gasteiger partial charge >= 0.3 is 0 Å². The number of hydrogen-bond acceptors (Lipinski definition) is 6. The Labute approximate surface area is 146 Å². The van der Waals surface area contributed by atoms with Crippen LogP contribution in [0, 0.1) is 0 Å². The normalized spacial score (nSPS) is 18.7. The Morgan fingerprint density at radius 1 is 1.08 bits per heavy atom. The van der Waals surface area contributed by atoms with Crippen molar-refractivity contribution in [3.63, 3.8) is 0 Å². The molecule has 0 aromatic heterocycles. The summed E-state index contributed by atoms with van der Waals surface area (Å²) in [5.41, 5.74) is 0.325. The second kappa shape index (κ2) is 6.78. The topological polar surface area (TPSA) is 97.7 Å². The van der Waals surface area contributed by atoms with Crippen LogP contribution in [0.1, 0.15) is 17.2 Å². The Morgan fingerprint density at radius 2 is 1.76 bits per heavy atom. The van der Waals surface area contributed by atoms with Crippen molar-refractivity contribution in [3.8, 4) is 5.75 Å². The van der Waals surface area contributed by atoms with E-state index in [0.29, 0.717) is 24.3 Å². The second-order valence-corrected chi connectivity index (χ2v) is 9.88. The monoisotopic (exact) mass is 382 g/mol. The van der Waals surface area contributed by atoms with Gasteiger partial charge in [-0.1, -0.05) is 18.2 Å². The van der Waals surface area contributed by atoms with E-state index >= 15 is 0 Å². The molecule has 25 heavy (non-hydrogen) atoms. The maximum absolute atomic E-state index is 12.9. The summed E-state index contributed by atoms with van der Waals surface area (Å²) in [5.74, 6) is 0.0514. The van der Waals surface area contributed by atoms with Crippen molar-refractivity contribution in [2.45, 2.75) is 21.5 Å². The molecule has 3 rings (SSSR count). The molecular weight excluding hydrogens is 364 g/mol. The van der Waals surface area contributed by atoms with Gasteiger partial charge in [-0.3, -0.25) is 0 Å². The molecule has 6 nitrogen and oxygen atoms in total. The highest BCUT2D eigenvalue weighted by Crippen LogP contribution is 2.41. The van der Waals surface area contributed by atoms with Crippen molar-refractivity contribution in [2.75, 3.05) is 19.0 Å². The van der Waals surface area contributed by atoms with E-state index in [1.807, 2.05) is 0 Å². The highest BCUT2D eigenvalue weighted by molar-refractivity contribution is 7.96. The number of benzene rings is 2. The van der Waals surface area contributed by atoms with Crippen LogP contribution < -0.4 is 4.74 Å². The average molecular weight is 382 g/mol. The summed E-state index contributed by atoms with van der Waals surface area (Å²) in [6, 6.07) is 12.1. The largest absolute Gasteiger partial charge is 0.494 e. The van der Waals surface area contributed by atoms with E-state index in [1.165, 1.54) is 30.3 Å². The van der Waals surface area contributed by atoms with Gasteiger partial charge in [0.05, 0.1) is 22.2 Å². The maximum Gasteiger partial charge on any atom is 0.186 e. The number of aliphatic hydroxyl groups is 1. The van der Waals surface area contributed by atoms with Gasteiger partial charge in [-0.15, -0.1) is 0 Å². The first-order chi connectivity index (χ1) is 11.9. The third-order valence-electron chi connectivity index (χ3n) is 4.07. The van der Waals surface area contributed by atoms with Crippen LogP contribution in [0.25, 0.3) is 0 Å². The van der Waals surface area contributed by atoms with Gasteiger partial charge in [0.1, 0.15) is 11.0 Å². The molecule has 134 valence electrons. The summed E-state index contributed by atoms with van der Waals surface area (Å²) in [6.45, 7) is 0.346. The molecule has 0 amide bonds. The molecule has 0 aliphatic carbocycles. The minimum Gasteiger partial charge on any atom is -0.494 e. The molecule has 0 saturated carbocycles. The van der Waals surface area contributed by atoms with Gasteiger partial charge in [-0.25, -0.2) is 16.8 Å². The number of hydrogen-bond donors (Lipinski definition) is 1. The Balaban J connectivity index is 1.90. The molecule has 0 fully saturated rings. The van der Waals surface area contributed by atoms with E-state index in [1.54, 1.807) is 18.2 Å². The molecular formula is C17H18O6S2. The van der Waals surface area contributed by atoms with Crippen molar-refractivity contribution in [1.29, 1.82) is 0 Å². The van der Waals surface area contributed by atoms with Crippen molar-refractivity contribution >= 4 is 19.7 Å². The minimum atomic E-state index is -3.84. The first-order valence-electron chi connectivity index (χ1n) is 7.75. The van der Waals surface area contributed by atoms with Gasteiger partial charge in [0.25, 0.3) is 0 Å². The van der Waals surface area contributed by atoms with Crippen LogP contribution in [-0.4, -0.2) is 40.9 Å². The fourth-order valence-corrected chi connectivity index (χ4v) is 7.14. The van der Waals surface area contributed by atoms with E-state index < -0.39 is 30.7 Å². The van der Waals surface area contributed by atoms with Crippen LogP contribution in [-0.2, 0) is 19.7 Å². The fraction of sp³-hybridized carbons (Fsp3) is 0.294. The molecule has 1 aliphatic heterocycles. The highest BCUT2D eigenvalue weighted by Gasteiger charge is 2.42. The number of ether oxygens (including phenoxy) is 1. The molecule has 1 N–H and O–H groups in total. The van der Waals surface area contributed by atoms with Crippen molar-refractivity contribution in [1.82, 2.24) is 0 Å². The van der Waals surface area contributed by atoms with E-state index in [-0.39, 0.29) is 16.4 Å². The smallest absolute Gasteiger partial charge is 0.186 e. The van der Waals surface area contributed by atoms with Gasteiger partial charge < -0.3 is 9.84 Å². The van der Waals surface area contributed by atoms with E-state index in [4.69, 9.17) is 9.84 Å². The van der Waals surface area contributed by atoms with Gasteiger partial charge in [-0.05, 0) is 35.9 Å². The lowest BCUT2D eigenvalue weighted by molar-refractivity contribution is 0.233.